The predicted molar refractivity (Wildman–Crippen MR) is 252 cm³/mol. The van der Waals surface area contributed by atoms with Crippen molar-refractivity contribution in [3.05, 3.63) is 125 Å². The maximum Gasteiger partial charge on any atom is 0.524 e. The van der Waals surface area contributed by atoms with Crippen molar-refractivity contribution in [1.29, 1.82) is 0 Å². The van der Waals surface area contributed by atoms with E-state index in [2.05, 4.69) is 0 Å². The molecule has 5 aromatic carbocycles. The van der Waals surface area contributed by atoms with E-state index in [0.717, 1.165) is 16.0 Å². The number of carbonyl (C=O) groups is 4. The lowest BCUT2D eigenvalue weighted by molar-refractivity contribution is -0.137. The van der Waals surface area contributed by atoms with E-state index in [9.17, 15) is 47.9 Å². The molecule has 1 unspecified atom stereocenters. The zero-order valence-corrected chi connectivity index (χ0v) is 38.4. The minimum Gasteiger partial charge on any atom is -0.491 e. The summed E-state index contributed by atoms with van der Waals surface area (Å²) >= 11 is 12.8. The number of nitrogens with zero attached hydrogens (tertiary/aromatic N) is 3. The normalized spacial score (nSPS) is 17.1. The number of phosphoric acid groups is 2. The van der Waals surface area contributed by atoms with Gasteiger partial charge in [-0.05, 0) is 45.7 Å². The molecular weight excluding hydrogens is 951 g/mol. The number of imide groups is 1. The highest BCUT2D eigenvalue weighted by Crippen LogP contribution is 2.51. The van der Waals surface area contributed by atoms with Gasteiger partial charge in [-0.1, -0.05) is 60.7 Å². The number of halogens is 2. The number of phosphoric ester groups is 2. The molecule has 4 amide bonds. The van der Waals surface area contributed by atoms with Crippen LogP contribution in [0, 0.1) is 0 Å². The van der Waals surface area contributed by atoms with Crippen LogP contribution in [0.4, 0.5) is 11.4 Å². The van der Waals surface area contributed by atoms with E-state index in [-0.39, 0.29) is 74.5 Å². The standard InChI is InChI=1S/C46H41Cl2N3O14P2/c47-24-30-26-50(36-22-39(64-66(56,57)58)32-5-1-3-7-34(32)45(30)36)43(54)13-10-28-9-11-29(38(21-28)63-20-19-62-18-17-49-41(52)15-16-42(49)53)12-14-44(55)51-27-31(25-48)46-35-8-4-2-6-33(35)40(23-37(46)51)65-67(59,60)61/h1-16,21-23,30-31H,17-20,24-27H2,(H2,56,57,58)(H2,59,60,61)/t30-,31?/m1/s1. The Morgan fingerprint density at radius 2 is 1.13 bits per heavy atom. The minimum atomic E-state index is -4.98. The third-order valence-electron chi connectivity index (χ3n) is 11.3. The first-order valence-electron chi connectivity index (χ1n) is 20.6. The fourth-order valence-corrected chi connectivity index (χ4v) is 9.77. The van der Waals surface area contributed by atoms with Gasteiger partial charge in [0, 0.05) is 89.5 Å². The predicted octanol–water partition coefficient (Wildman–Crippen LogP) is 7.02. The van der Waals surface area contributed by atoms with Crippen molar-refractivity contribution >= 4 is 108 Å². The fraction of sp³-hybridized carbons (Fsp3) is 0.217. The average molecular weight is 993 g/mol. The van der Waals surface area contributed by atoms with Crippen LogP contribution in [-0.4, -0.2) is 99.3 Å². The van der Waals surface area contributed by atoms with Crippen LogP contribution in [0.25, 0.3) is 33.7 Å². The van der Waals surface area contributed by atoms with E-state index in [0.29, 0.717) is 49.8 Å². The quantitative estimate of drug-likeness (QED) is 0.0241. The van der Waals surface area contributed by atoms with Gasteiger partial charge in [0.15, 0.2) is 0 Å². The summed E-state index contributed by atoms with van der Waals surface area (Å²) < 4.78 is 45.8. The number of hydrogen-bond donors (Lipinski definition) is 4. The highest BCUT2D eigenvalue weighted by atomic mass is 35.5. The van der Waals surface area contributed by atoms with Gasteiger partial charge < -0.3 is 28.3 Å². The number of rotatable bonds is 17. The molecular formula is C46H41Cl2N3O14P2. The summed E-state index contributed by atoms with van der Waals surface area (Å²) in [6.45, 7) is 0.526. The Morgan fingerprint density at radius 1 is 0.642 bits per heavy atom. The Balaban J connectivity index is 1.05. The van der Waals surface area contributed by atoms with Crippen LogP contribution >= 0.6 is 38.8 Å². The van der Waals surface area contributed by atoms with E-state index in [1.165, 1.54) is 52.3 Å². The second-order valence-electron chi connectivity index (χ2n) is 15.6. The molecule has 0 radical (unpaired) electrons. The van der Waals surface area contributed by atoms with Crippen LogP contribution in [0.3, 0.4) is 0 Å². The number of anilines is 2. The van der Waals surface area contributed by atoms with Crippen molar-refractivity contribution in [3.8, 4) is 17.2 Å². The first kappa shape index (κ1) is 47.6. The summed E-state index contributed by atoms with van der Waals surface area (Å²) in [5, 5.41) is 2.16. The molecule has 3 aliphatic heterocycles. The van der Waals surface area contributed by atoms with Crippen molar-refractivity contribution in [1.82, 2.24) is 4.90 Å². The molecule has 0 spiro atoms. The summed E-state index contributed by atoms with van der Waals surface area (Å²) in [5.41, 5.74) is 3.22. The van der Waals surface area contributed by atoms with Gasteiger partial charge in [0.05, 0.1) is 31.1 Å². The minimum absolute atomic E-state index is 0.00466. The molecule has 2 atom stereocenters. The molecule has 5 aromatic rings. The van der Waals surface area contributed by atoms with Crippen LogP contribution < -0.4 is 23.6 Å². The monoisotopic (exact) mass is 991 g/mol. The van der Waals surface area contributed by atoms with Crippen molar-refractivity contribution in [2.45, 2.75) is 11.8 Å². The molecule has 0 saturated heterocycles. The van der Waals surface area contributed by atoms with Gasteiger partial charge in [-0.15, -0.1) is 23.2 Å². The van der Waals surface area contributed by atoms with Gasteiger partial charge in [-0.25, -0.2) is 9.13 Å². The van der Waals surface area contributed by atoms with Crippen LogP contribution in [-0.2, 0) is 33.0 Å². The van der Waals surface area contributed by atoms with E-state index >= 15 is 0 Å². The molecule has 0 saturated carbocycles. The zero-order valence-electron chi connectivity index (χ0n) is 35.1. The first-order chi connectivity index (χ1) is 32.0. The molecule has 17 nitrogen and oxygen atoms in total. The summed E-state index contributed by atoms with van der Waals surface area (Å²) in [5.74, 6) is -1.98. The lowest BCUT2D eigenvalue weighted by Gasteiger charge is -2.18. The second-order valence-corrected chi connectivity index (χ2v) is 18.5. The SMILES string of the molecule is O=C1C=CC(=O)N1CCOCCOc1cc(C=CC(=O)N2C[C@@H](CCl)c3c2cc(OP(=O)(O)O)c2ccccc32)ccc1C=CC(=O)N1CC(CCl)c2c1cc(OP(=O)(O)O)c1ccccc21. The smallest absolute Gasteiger partial charge is 0.491 e. The van der Waals surface area contributed by atoms with Crippen LogP contribution in [0.2, 0.25) is 0 Å². The Morgan fingerprint density at radius 3 is 1.63 bits per heavy atom. The van der Waals surface area contributed by atoms with Crippen molar-refractivity contribution in [3.63, 3.8) is 0 Å². The van der Waals surface area contributed by atoms with Gasteiger partial charge in [0.1, 0.15) is 23.9 Å². The van der Waals surface area contributed by atoms with Gasteiger partial charge in [0.25, 0.3) is 23.6 Å². The fourth-order valence-electron chi connectivity index (χ4n) is 8.45. The molecule has 0 fully saturated rings. The van der Waals surface area contributed by atoms with Gasteiger partial charge in [-0.2, -0.15) is 0 Å². The Bertz CT molecular complexity index is 2990. The molecule has 4 N–H and O–H groups in total. The molecule has 348 valence electrons. The van der Waals surface area contributed by atoms with E-state index in [1.54, 1.807) is 72.8 Å². The Hall–Kier alpha value is -5.84. The maximum atomic E-state index is 14.0. The third-order valence-corrected chi connectivity index (χ3v) is 12.9. The highest BCUT2D eigenvalue weighted by molar-refractivity contribution is 7.47. The first-order valence-corrected chi connectivity index (χ1v) is 24.8. The average Bonchev–Trinajstić information content (AvgIpc) is 3.97. The number of carbonyl (C=O) groups excluding carboxylic acids is 4. The molecule has 3 heterocycles. The molecule has 0 aliphatic carbocycles. The van der Waals surface area contributed by atoms with E-state index in [4.69, 9.17) is 41.7 Å². The molecule has 21 heteroatoms. The number of benzene rings is 5. The second kappa shape index (κ2) is 19.8. The highest BCUT2D eigenvalue weighted by Gasteiger charge is 2.36. The molecule has 3 aliphatic rings. The maximum absolute atomic E-state index is 14.0. The van der Waals surface area contributed by atoms with Crippen LogP contribution in [0.5, 0.6) is 17.2 Å². The van der Waals surface area contributed by atoms with Gasteiger partial charge in [-0.3, -0.25) is 43.7 Å². The van der Waals surface area contributed by atoms with Gasteiger partial charge in [0.2, 0.25) is 0 Å². The zero-order chi connectivity index (χ0) is 47.6. The molecule has 67 heavy (non-hydrogen) atoms. The number of fused-ring (bicyclic) bond motifs is 6. The number of hydrogen-bond acceptors (Lipinski definition) is 10. The van der Waals surface area contributed by atoms with Crippen molar-refractivity contribution in [2.24, 2.45) is 0 Å². The third kappa shape index (κ3) is 10.5. The topological polar surface area (TPSA) is 230 Å². The van der Waals surface area contributed by atoms with Crippen LogP contribution in [0.1, 0.15) is 34.1 Å². The Kier molecular flexibility index (Phi) is 14.1. The van der Waals surface area contributed by atoms with Crippen LogP contribution in [0.15, 0.2) is 103 Å². The molecule has 0 aromatic heterocycles. The summed E-state index contributed by atoms with van der Waals surface area (Å²) in [6, 6.07) is 21.7. The number of ether oxygens (including phenoxy) is 2. The summed E-state index contributed by atoms with van der Waals surface area (Å²) in [4.78, 5) is 94.5. The largest absolute Gasteiger partial charge is 0.524 e. The van der Waals surface area contributed by atoms with E-state index < -0.39 is 39.3 Å². The summed E-state index contributed by atoms with van der Waals surface area (Å²) in [6.07, 6.45) is 8.11. The van der Waals surface area contributed by atoms with E-state index in [1.807, 2.05) is 0 Å². The number of alkyl halides is 2. The van der Waals surface area contributed by atoms with Crippen molar-refractivity contribution < 1.29 is 66.4 Å². The lowest BCUT2D eigenvalue weighted by Crippen LogP contribution is -2.33. The van der Waals surface area contributed by atoms with Gasteiger partial charge >= 0.3 is 15.6 Å². The Labute approximate surface area is 392 Å². The lowest BCUT2D eigenvalue weighted by atomic mass is 9.95. The molecule has 8 rings (SSSR count). The number of amides is 4. The summed E-state index contributed by atoms with van der Waals surface area (Å²) in [7, 11) is -9.95. The van der Waals surface area contributed by atoms with Crippen molar-refractivity contribution in [2.75, 3.05) is 61.0 Å². The molecule has 0 bridgehead atoms.